The first-order valence-electron chi connectivity index (χ1n) is 4.04. The molecule has 0 aliphatic carbocycles. The van der Waals surface area contributed by atoms with E-state index in [1.807, 2.05) is 0 Å². The predicted molar refractivity (Wildman–Crippen MR) is 48.7 cm³/mol. The van der Waals surface area contributed by atoms with Gasteiger partial charge in [-0.25, -0.2) is 0 Å². The van der Waals surface area contributed by atoms with E-state index in [1.165, 1.54) is 31.3 Å². The molecule has 1 aromatic rings. The zero-order valence-electron chi connectivity index (χ0n) is 7.60. The minimum absolute atomic E-state index is 0.161. The van der Waals surface area contributed by atoms with Crippen molar-refractivity contribution >= 4 is 5.69 Å². The molecule has 1 aromatic carbocycles. The number of benzene rings is 1. The van der Waals surface area contributed by atoms with Gasteiger partial charge in [0.1, 0.15) is 6.04 Å². The first kappa shape index (κ1) is 10.8. The van der Waals surface area contributed by atoms with Crippen LogP contribution in [0, 0.1) is 0 Å². The predicted octanol–water partition coefficient (Wildman–Crippen LogP) is 2.09. The normalized spacial score (nSPS) is 14.0. The van der Waals surface area contributed by atoms with E-state index in [2.05, 4.69) is 5.32 Å². The summed E-state index contributed by atoms with van der Waals surface area (Å²) in [7, 11) is 1.27. The highest BCUT2D eigenvalue weighted by atomic mass is 19.4. The van der Waals surface area contributed by atoms with E-state index in [0.717, 1.165) is 0 Å². The molecule has 0 heterocycles. The molecule has 3 N–H and O–H groups in total. The van der Waals surface area contributed by atoms with Crippen molar-refractivity contribution in [1.29, 1.82) is 0 Å². The van der Waals surface area contributed by atoms with Crippen LogP contribution >= 0.6 is 0 Å². The Kier molecular flexibility index (Phi) is 3.00. The van der Waals surface area contributed by atoms with Gasteiger partial charge in [0, 0.05) is 5.69 Å². The number of nitrogens with two attached hydrogens (primary N) is 1. The van der Waals surface area contributed by atoms with Gasteiger partial charge in [0.05, 0.1) is 0 Å². The van der Waals surface area contributed by atoms with Gasteiger partial charge in [0.2, 0.25) is 0 Å². The highest BCUT2D eigenvalue weighted by Crippen LogP contribution is 2.32. The Morgan fingerprint density at radius 2 is 1.71 bits per heavy atom. The highest BCUT2D eigenvalue weighted by molar-refractivity contribution is 5.40. The minimum Gasteiger partial charge on any atom is -0.399 e. The van der Waals surface area contributed by atoms with Crippen molar-refractivity contribution in [2.45, 2.75) is 12.2 Å². The van der Waals surface area contributed by atoms with Crippen LogP contribution in [0.25, 0.3) is 0 Å². The van der Waals surface area contributed by atoms with Gasteiger partial charge in [0.15, 0.2) is 0 Å². The fraction of sp³-hybridized carbons (Fsp3) is 0.333. The van der Waals surface area contributed by atoms with Gasteiger partial charge in [-0.2, -0.15) is 13.2 Å². The SMILES string of the molecule is CN[C@H](c1ccc(N)cc1)C(F)(F)F. The van der Waals surface area contributed by atoms with E-state index in [4.69, 9.17) is 5.73 Å². The monoisotopic (exact) mass is 204 g/mol. The van der Waals surface area contributed by atoms with E-state index in [1.54, 1.807) is 0 Å². The van der Waals surface area contributed by atoms with Crippen LogP contribution < -0.4 is 11.1 Å². The van der Waals surface area contributed by atoms with Crippen molar-refractivity contribution in [2.75, 3.05) is 12.8 Å². The summed E-state index contributed by atoms with van der Waals surface area (Å²) in [4.78, 5) is 0. The lowest BCUT2D eigenvalue weighted by molar-refractivity contribution is -0.156. The van der Waals surface area contributed by atoms with Crippen LogP contribution in [0.2, 0.25) is 0 Å². The molecule has 0 amide bonds. The maximum atomic E-state index is 12.4. The first-order valence-corrected chi connectivity index (χ1v) is 4.04. The average molecular weight is 204 g/mol. The summed E-state index contributed by atoms with van der Waals surface area (Å²) in [6.07, 6.45) is -4.29. The molecule has 14 heavy (non-hydrogen) atoms. The van der Waals surface area contributed by atoms with Crippen LogP contribution in [-0.4, -0.2) is 13.2 Å². The summed E-state index contributed by atoms with van der Waals surface area (Å²) in [5.74, 6) is 0. The lowest BCUT2D eigenvalue weighted by Gasteiger charge is -2.19. The van der Waals surface area contributed by atoms with E-state index in [-0.39, 0.29) is 5.56 Å². The first-order chi connectivity index (χ1) is 6.45. The fourth-order valence-electron chi connectivity index (χ4n) is 1.21. The Balaban J connectivity index is 2.96. The second-order valence-electron chi connectivity index (χ2n) is 2.93. The Labute approximate surface area is 79.9 Å². The van der Waals surface area contributed by atoms with Crippen LogP contribution in [0.3, 0.4) is 0 Å². The molecule has 0 saturated carbocycles. The number of hydrogen-bond acceptors (Lipinski definition) is 2. The molecule has 0 aliphatic rings. The Morgan fingerprint density at radius 1 is 1.21 bits per heavy atom. The summed E-state index contributed by atoms with van der Waals surface area (Å²) in [5.41, 5.74) is 5.99. The summed E-state index contributed by atoms with van der Waals surface area (Å²) >= 11 is 0. The maximum absolute atomic E-state index is 12.4. The van der Waals surface area contributed by atoms with Crippen molar-refractivity contribution in [1.82, 2.24) is 5.32 Å². The third-order valence-electron chi connectivity index (χ3n) is 1.89. The third-order valence-corrected chi connectivity index (χ3v) is 1.89. The zero-order chi connectivity index (χ0) is 10.8. The van der Waals surface area contributed by atoms with Gasteiger partial charge in [-0.3, -0.25) is 0 Å². The van der Waals surface area contributed by atoms with Crippen LogP contribution in [0.1, 0.15) is 11.6 Å². The topological polar surface area (TPSA) is 38.0 Å². The van der Waals surface area contributed by atoms with Crippen molar-refractivity contribution in [3.8, 4) is 0 Å². The molecule has 0 saturated heterocycles. The van der Waals surface area contributed by atoms with Gasteiger partial charge in [0.25, 0.3) is 0 Å². The Hall–Kier alpha value is -1.23. The molecule has 78 valence electrons. The van der Waals surface area contributed by atoms with Crippen molar-refractivity contribution in [2.24, 2.45) is 0 Å². The van der Waals surface area contributed by atoms with Gasteiger partial charge in [-0.05, 0) is 24.7 Å². The second-order valence-corrected chi connectivity index (χ2v) is 2.93. The zero-order valence-corrected chi connectivity index (χ0v) is 7.60. The number of nitrogens with one attached hydrogen (secondary N) is 1. The van der Waals surface area contributed by atoms with Crippen molar-refractivity contribution in [3.05, 3.63) is 29.8 Å². The van der Waals surface area contributed by atoms with Gasteiger partial charge >= 0.3 is 6.18 Å². The quantitative estimate of drug-likeness (QED) is 0.724. The smallest absolute Gasteiger partial charge is 0.399 e. The molecular formula is C9H11F3N2. The number of nitrogen functional groups attached to an aromatic ring is 1. The lowest BCUT2D eigenvalue weighted by Crippen LogP contribution is -2.31. The second kappa shape index (κ2) is 3.88. The Morgan fingerprint density at radius 3 is 2.07 bits per heavy atom. The third kappa shape index (κ3) is 2.38. The van der Waals surface area contributed by atoms with E-state index in [0.29, 0.717) is 5.69 Å². The molecule has 0 aromatic heterocycles. The minimum atomic E-state index is -4.29. The summed E-state index contributed by atoms with van der Waals surface area (Å²) < 4.78 is 37.2. The molecular weight excluding hydrogens is 193 g/mol. The summed E-state index contributed by atoms with van der Waals surface area (Å²) in [6.45, 7) is 0. The van der Waals surface area contributed by atoms with Gasteiger partial charge in [-0.15, -0.1) is 0 Å². The van der Waals surface area contributed by atoms with Gasteiger partial charge < -0.3 is 11.1 Å². The summed E-state index contributed by atoms with van der Waals surface area (Å²) in [5, 5.41) is 2.21. The van der Waals surface area contributed by atoms with Crippen LogP contribution in [-0.2, 0) is 0 Å². The molecule has 1 atom stereocenters. The lowest BCUT2D eigenvalue weighted by atomic mass is 10.1. The molecule has 1 rings (SSSR count). The van der Waals surface area contributed by atoms with E-state index in [9.17, 15) is 13.2 Å². The number of hydrogen-bond donors (Lipinski definition) is 2. The maximum Gasteiger partial charge on any atom is 0.407 e. The molecule has 0 fully saturated rings. The standard InChI is InChI=1S/C9H11F3N2/c1-14-8(9(10,11)12)6-2-4-7(13)5-3-6/h2-5,8,14H,13H2,1H3/t8-/m1/s1. The molecule has 0 bridgehead atoms. The van der Waals surface area contributed by atoms with Crippen LogP contribution in [0.5, 0.6) is 0 Å². The van der Waals surface area contributed by atoms with E-state index < -0.39 is 12.2 Å². The number of alkyl halides is 3. The Bertz CT molecular complexity index is 292. The van der Waals surface area contributed by atoms with Crippen molar-refractivity contribution in [3.63, 3.8) is 0 Å². The van der Waals surface area contributed by atoms with Gasteiger partial charge in [-0.1, -0.05) is 12.1 Å². The number of halogens is 3. The molecule has 5 heteroatoms. The number of rotatable bonds is 2. The molecule has 0 aliphatic heterocycles. The molecule has 2 nitrogen and oxygen atoms in total. The number of anilines is 1. The van der Waals surface area contributed by atoms with E-state index >= 15 is 0 Å². The van der Waals surface area contributed by atoms with Crippen LogP contribution in [0.4, 0.5) is 18.9 Å². The summed E-state index contributed by atoms with van der Waals surface area (Å²) in [6, 6.07) is 3.99. The van der Waals surface area contributed by atoms with Crippen molar-refractivity contribution < 1.29 is 13.2 Å². The molecule has 0 unspecified atom stereocenters. The fourth-order valence-corrected chi connectivity index (χ4v) is 1.21. The van der Waals surface area contributed by atoms with Crippen LogP contribution in [0.15, 0.2) is 24.3 Å². The molecule has 0 spiro atoms. The average Bonchev–Trinajstić information content (AvgIpc) is 2.07. The highest BCUT2D eigenvalue weighted by Gasteiger charge is 2.39. The largest absolute Gasteiger partial charge is 0.407 e. The molecule has 0 radical (unpaired) electrons.